The van der Waals surface area contributed by atoms with Crippen LogP contribution in [0.5, 0.6) is 0 Å². The summed E-state index contributed by atoms with van der Waals surface area (Å²) in [7, 11) is 1.53. The van der Waals surface area contributed by atoms with Crippen molar-refractivity contribution < 1.29 is 14.0 Å². The number of carbonyl (C=O) groups is 2. The number of benzene rings is 2. The summed E-state index contributed by atoms with van der Waals surface area (Å²) >= 11 is 7.14. The Bertz CT molecular complexity index is 872. The van der Waals surface area contributed by atoms with Crippen LogP contribution < -0.4 is 5.32 Å². The molecular formula is C19H17ClFN3O2S. The smallest absolute Gasteiger partial charge is 0.233 e. The number of hydrogen-bond donors (Lipinski definition) is 1. The van der Waals surface area contributed by atoms with Gasteiger partial charge in [0.05, 0.1) is 17.5 Å². The molecule has 8 heteroatoms. The number of nitrogens with one attached hydrogen (secondary N) is 1. The van der Waals surface area contributed by atoms with Crippen LogP contribution >= 0.6 is 23.4 Å². The largest absolute Gasteiger partial charge is 0.358 e. The minimum absolute atomic E-state index is 0.0837. The van der Waals surface area contributed by atoms with Crippen LogP contribution in [0.3, 0.4) is 0 Å². The van der Waals surface area contributed by atoms with Gasteiger partial charge >= 0.3 is 0 Å². The van der Waals surface area contributed by atoms with Crippen LogP contribution in [0.15, 0.2) is 53.5 Å². The molecule has 2 amide bonds. The van der Waals surface area contributed by atoms with Gasteiger partial charge in [-0.15, -0.1) is 0 Å². The molecule has 27 heavy (non-hydrogen) atoms. The average Bonchev–Trinajstić information content (AvgIpc) is 2.67. The Hall–Kier alpha value is -2.38. The number of hydrogen-bond acceptors (Lipinski definition) is 4. The molecule has 1 N–H and O–H groups in total. The van der Waals surface area contributed by atoms with Gasteiger partial charge in [-0.05, 0) is 42.0 Å². The van der Waals surface area contributed by atoms with E-state index in [0.717, 1.165) is 5.56 Å². The third-order valence-corrected chi connectivity index (χ3v) is 5.42. The van der Waals surface area contributed by atoms with Gasteiger partial charge in [0.25, 0.3) is 0 Å². The lowest BCUT2D eigenvalue weighted by Gasteiger charge is -2.31. The number of carbonyl (C=O) groups excluding carboxylic acids is 2. The van der Waals surface area contributed by atoms with Crippen molar-refractivity contribution in [3.8, 4) is 0 Å². The van der Waals surface area contributed by atoms with Crippen molar-refractivity contribution in [3.05, 3.63) is 64.9 Å². The molecule has 0 saturated carbocycles. The number of thioether (sulfide) groups is 1. The summed E-state index contributed by atoms with van der Waals surface area (Å²) in [6.45, 7) is 0.309. The molecule has 3 rings (SSSR count). The molecule has 0 spiro atoms. The summed E-state index contributed by atoms with van der Waals surface area (Å²) in [6, 6.07) is 12.8. The number of rotatable bonds is 4. The molecular weight excluding hydrogens is 389 g/mol. The van der Waals surface area contributed by atoms with Crippen molar-refractivity contribution in [2.45, 2.75) is 18.2 Å². The summed E-state index contributed by atoms with van der Waals surface area (Å²) in [5, 5.41) is 3.03. The Morgan fingerprint density at radius 1 is 1.26 bits per heavy atom. The minimum Gasteiger partial charge on any atom is -0.358 e. The van der Waals surface area contributed by atoms with E-state index in [1.165, 1.54) is 48.0 Å². The van der Waals surface area contributed by atoms with Gasteiger partial charge in [0.2, 0.25) is 11.8 Å². The lowest BCUT2D eigenvalue weighted by Crippen LogP contribution is -2.45. The van der Waals surface area contributed by atoms with Crippen molar-refractivity contribution in [1.82, 2.24) is 10.2 Å². The molecule has 1 aliphatic heterocycles. The minimum atomic E-state index is -0.553. The summed E-state index contributed by atoms with van der Waals surface area (Å²) in [5.41, 5.74) is 1.39. The number of nitrogens with zero attached hydrogens (tertiary/aromatic N) is 2. The lowest BCUT2D eigenvalue weighted by molar-refractivity contribution is -0.130. The number of aliphatic imine (C=N–C) groups is 1. The molecule has 1 heterocycles. The van der Waals surface area contributed by atoms with E-state index in [4.69, 9.17) is 11.6 Å². The normalized spacial score (nSPS) is 18.6. The first-order valence-corrected chi connectivity index (χ1v) is 9.49. The van der Waals surface area contributed by atoms with Crippen molar-refractivity contribution >= 4 is 46.0 Å². The van der Waals surface area contributed by atoms with Gasteiger partial charge in [-0.2, -0.15) is 0 Å². The average molecular weight is 406 g/mol. The second-order valence-corrected chi connectivity index (χ2v) is 7.51. The van der Waals surface area contributed by atoms with Gasteiger partial charge in [0, 0.05) is 18.5 Å². The highest BCUT2D eigenvalue weighted by Crippen LogP contribution is 2.30. The van der Waals surface area contributed by atoms with Crippen LogP contribution in [0, 0.1) is 5.82 Å². The van der Waals surface area contributed by atoms with Crippen LogP contribution in [0.2, 0.25) is 5.02 Å². The van der Waals surface area contributed by atoms with E-state index in [2.05, 4.69) is 10.3 Å². The molecule has 1 unspecified atom stereocenters. The van der Waals surface area contributed by atoms with E-state index >= 15 is 0 Å². The Kier molecular flexibility index (Phi) is 6.13. The zero-order valence-electron chi connectivity index (χ0n) is 14.5. The fourth-order valence-electron chi connectivity index (χ4n) is 2.56. The maximum absolute atomic E-state index is 13.2. The first-order valence-electron chi connectivity index (χ1n) is 8.23. The predicted molar refractivity (Wildman–Crippen MR) is 106 cm³/mol. The predicted octanol–water partition coefficient (Wildman–Crippen LogP) is 3.75. The maximum atomic E-state index is 13.2. The summed E-state index contributed by atoms with van der Waals surface area (Å²) < 4.78 is 13.2. The zero-order valence-corrected chi connectivity index (χ0v) is 16.1. The third-order valence-electron chi connectivity index (χ3n) is 3.98. The van der Waals surface area contributed by atoms with Crippen LogP contribution in [0.1, 0.15) is 12.0 Å². The molecule has 140 valence electrons. The van der Waals surface area contributed by atoms with Gasteiger partial charge in [0.15, 0.2) is 5.17 Å². The lowest BCUT2D eigenvalue weighted by atomic mass is 10.2. The second-order valence-electron chi connectivity index (χ2n) is 5.90. The summed E-state index contributed by atoms with van der Waals surface area (Å²) in [4.78, 5) is 30.8. The van der Waals surface area contributed by atoms with Crippen LogP contribution in [-0.2, 0) is 16.1 Å². The summed E-state index contributed by atoms with van der Waals surface area (Å²) in [5.74, 6) is -0.794. The molecule has 1 fully saturated rings. The number of amides is 2. The third kappa shape index (κ3) is 4.87. The molecule has 0 aromatic heterocycles. The fraction of sp³-hybridized carbons (Fsp3) is 0.211. The van der Waals surface area contributed by atoms with Crippen LogP contribution in [0.25, 0.3) is 0 Å². The van der Waals surface area contributed by atoms with Crippen molar-refractivity contribution in [2.75, 3.05) is 7.05 Å². The molecule has 1 aliphatic rings. The highest BCUT2D eigenvalue weighted by molar-refractivity contribution is 8.15. The van der Waals surface area contributed by atoms with Crippen LogP contribution in [-0.4, -0.2) is 34.2 Å². The van der Waals surface area contributed by atoms with Crippen molar-refractivity contribution in [3.63, 3.8) is 0 Å². The Balaban J connectivity index is 1.92. The van der Waals surface area contributed by atoms with E-state index in [-0.39, 0.29) is 24.1 Å². The molecule has 2 aromatic rings. The van der Waals surface area contributed by atoms with E-state index in [9.17, 15) is 14.0 Å². The fourth-order valence-corrected chi connectivity index (χ4v) is 3.84. The molecule has 0 aliphatic carbocycles. The van der Waals surface area contributed by atoms with Gasteiger partial charge in [-0.3, -0.25) is 14.5 Å². The molecule has 1 saturated heterocycles. The quantitative estimate of drug-likeness (QED) is 0.842. The molecule has 5 nitrogen and oxygen atoms in total. The molecule has 0 radical (unpaired) electrons. The van der Waals surface area contributed by atoms with Gasteiger partial charge in [0.1, 0.15) is 5.82 Å². The highest BCUT2D eigenvalue weighted by atomic mass is 35.5. The van der Waals surface area contributed by atoms with E-state index in [1.54, 1.807) is 12.1 Å². The highest BCUT2D eigenvalue weighted by Gasteiger charge is 2.35. The number of halogens is 2. The standard InChI is InChI=1S/C19H17ClFN3O2S/c1-22-18(26)16-10-17(25)24(11-12-2-4-13(20)5-3-12)19(27-16)23-15-8-6-14(21)7-9-15/h2-9,16H,10-11H2,1H3,(H,22,26). The van der Waals surface area contributed by atoms with Crippen molar-refractivity contribution in [2.24, 2.45) is 4.99 Å². The van der Waals surface area contributed by atoms with Gasteiger partial charge < -0.3 is 5.32 Å². The first kappa shape index (κ1) is 19.4. The van der Waals surface area contributed by atoms with Gasteiger partial charge in [-0.1, -0.05) is 35.5 Å². The molecule has 2 aromatic carbocycles. The first-order chi connectivity index (χ1) is 13.0. The van der Waals surface area contributed by atoms with E-state index in [1.807, 2.05) is 12.1 Å². The second kappa shape index (κ2) is 8.54. The monoisotopic (exact) mass is 405 g/mol. The molecule has 1 atom stereocenters. The topological polar surface area (TPSA) is 61.8 Å². The van der Waals surface area contributed by atoms with E-state index in [0.29, 0.717) is 22.4 Å². The SMILES string of the molecule is CNC(=O)C1CC(=O)N(Cc2ccc(Cl)cc2)C(=Nc2ccc(F)cc2)S1. The zero-order chi connectivity index (χ0) is 19.4. The maximum Gasteiger partial charge on any atom is 0.233 e. The van der Waals surface area contributed by atoms with E-state index < -0.39 is 5.25 Å². The Labute approximate surface area is 165 Å². The Morgan fingerprint density at radius 3 is 2.56 bits per heavy atom. The van der Waals surface area contributed by atoms with Gasteiger partial charge in [-0.25, -0.2) is 9.38 Å². The number of amidine groups is 1. The Morgan fingerprint density at radius 2 is 1.93 bits per heavy atom. The van der Waals surface area contributed by atoms with Crippen LogP contribution in [0.4, 0.5) is 10.1 Å². The molecule has 0 bridgehead atoms. The van der Waals surface area contributed by atoms with Crippen molar-refractivity contribution in [1.29, 1.82) is 0 Å². The summed E-state index contributed by atoms with van der Waals surface area (Å²) in [6.07, 6.45) is 0.0837.